The van der Waals surface area contributed by atoms with Gasteiger partial charge in [-0.05, 0) is 22.4 Å². The first-order chi connectivity index (χ1) is 8.91. The van der Waals surface area contributed by atoms with Gasteiger partial charge in [-0.15, -0.1) is 0 Å². The fourth-order valence-electron chi connectivity index (χ4n) is 1.83. The van der Waals surface area contributed by atoms with Gasteiger partial charge in [0.2, 0.25) is 0 Å². The van der Waals surface area contributed by atoms with E-state index in [1.54, 1.807) is 0 Å². The molecule has 2 aromatic rings. The maximum absolute atomic E-state index is 4.67. The van der Waals surface area contributed by atoms with E-state index in [0.717, 1.165) is 34.9 Å². The number of aromatic nitrogens is 4. The third-order valence-electron chi connectivity index (χ3n) is 2.77. The average molecular weight is 323 g/mol. The molecular weight excluding hydrogens is 304 g/mol. The maximum atomic E-state index is 4.67. The number of aryl methyl sites for hydroxylation is 1. The van der Waals surface area contributed by atoms with Crippen LogP contribution in [0.2, 0.25) is 0 Å². The number of hydrogen-bond donors (Lipinski definition) is 0. The van der Waals surface area contributed by atoms with Gasteiger partial charge in [-0.1, -0.05) is 27.7 Å². The zero-order valence-corrected chi connectivity index (χ0v) is 13.4. The van der Waals surface area contributed by atoms with E-state index in [0.29, 0.717) is 0 Å². The van der Waals surface area contributed by atoms with Gasteiger partial charge < -0.3 is 4.57 Å². The van der Waals surface area contributed by atoms with E-state index in [1.807, 2.05) is 18.5 Å². The fraction of sp³-hybridized carbons (Fsp3) is 0.500. The van der Waals surface area contributed by atoms with Crippen molar-refractivity contribution >= 4 is 15.9 Å². The van der Waals surface area contributed by atoms with Crippen LogP contribution in [0.5, 0.6) is 0 Å². The summed E-state index contributed by atoms with van der Waals surface area (Å²) in [5.41, 5.74) is 0.783. The SMILES string of the molecule is CCCn1ccnc1-c1cc(Br)nc(C(C)(C)C)n1. The topological polar surface area (TPSA) is 43.6 Å². The molecule has 0 unspecified atom stereocenters. The molecule has 0 saturated carbocycles. The zero-order valence-electron chi connectivity index (χ0n) is 11.8. The summed E-state index contributed by atoms with van der Waals surface area (Å²) >= 11 is 3.47. The van der Waals surface area contributed by atoms with Gasteiger partial charge in [-0.2, -0.15) is 0 Å². The summed E-state index contributed by atoms with van der Waals surface area (Å²) in [6, 6.07) is 1.92. The molecule has 0 radical (unpaired) electrons. The van der Waals surface area contributed by atoms with E-state index in [9.17, 15) is 0 Å². The van der Waals surface area contributed by atoms with Crippen LogP contribution in [-0.4, -0.2) is 19.5 Å². The van der Waals surface area contributed by atoms with E-state index >= 15 is 0 Å². The summed E-state index contributed by atoms with van der Waals surface area (Å²) in [4.78, 5) is 13.5. The Labute approximate surface area is 122 Å². The van der Waals surface area contributed by atoms with Gasteiger partial charge in [0.15, 0.2) is 5.82 Å². The molecule has 19 heavy (non-hydrogen) atoms. The van der Waals surface area contributed by atoms with Crippen molar-refractivity contribution in [3.05, 3.63) is 28.9 Å². The molecule has 0 aliphatic heterocycles. The van der Waals surface area contributed by atoms with Gasteiger partial charge in [0.05, 0.1) is 0 Å². The van der Waals surface area contributed by atoms with Gasteiger partial charge >= 0.3 is 0 Å². The van der Waals surface area contributed by atoms with Crippen LogP contribution in [0.3, 0.4) is 0 Å². The summed E-state index contributed by atoms with van der Waals surface area (Å²) in [6.07, 6.45) is 4.88. The Balaban J connectivity index is 2.50. The minimum atomic E-state index is -0.0826. The van der Waals surface area contributed by atoms with Gasteiger partial charge in [0, 0.05) is 30.4 Å². The van der Waals surface area contributed by atoms with Crippen molar-refractivity contribution in [3.8, 4) is 11.5 Å². The van der Waals surface area contributed by atoms with Crippen molar-refractivity contribution in [1.29, 1.82) is 0 Å². The normalized spacial score (nSPS) is 11.8. The minimum absolute atomic E-state index is 0.0826. The molecule has 5 heteroatoms. The molecule has 0 bridgehead atoms. The predicted molar refractivity (Wildman–Crippen MR) is 79.9 cm³/mol. The summed E-state index contributed by atoms with van der Waals surface area (Å²) in [5.74, 6) is 1.72. The van der Waals surface area contributed by atoms with Crippen LogP contribution < -0.4 is 0 Å². The van der Waals surface area contributed by atoms with Crippen LogP contribution in [0.25, 0.3) is 11.5 Å². The van der Waals surface area contributed by atoms with Crippen LogP contribution in [0.4, 0.5) is 0 Å². The third kappa shape index (κ3) is 3.21. The second kappa shape index (κ2) is 5.41. The largest absolute Gasteiger partial charge is 0.330 e. The van der Waals surface area contributed by atoms with E-state index in [2.05, 4.69) is 63.1 Å². The van der Waals surface area contributed by atoms with Crippen LogP contribution in [0, 0.1) is 0 Å². The molecule has 0 amide bonds. The quantitative estimate of drug-likeness (QED) is 0.807. The van der Waals surface area contributed by atoms with Crippen LogP contribution >= 0.6 is 15.9 Å². The highest BCUT2D eigenvalue weighted by atomic mass is 79.9. The van der Waals surface area contributed by atoms with Gasteiger partial charge in [0.1, 0.15) is 16.1 Å². The van der Waals surface area contributed by atoms with Crippen molar-refractivity contribution in [2.75, 3.05) is 0 Å². The van der Waals surface area contributed by atoms with Crippen LogP contribution in [0.1, 0.15) is 39.9 Å². The number of nitrogens with zero attached hydrogens (tertiary/aromatic N) is 4. The standard InChI is InChI=1S/C14H19BrN4/c1-5-7-19-8-6-16-12(19)10-9-11(15)18-13(17-10)14(2,3)4/h6,8-9H,5,7H2,1-4H3. The Morgan fingerprint density at radius 1 is 1.26 bits per heavy atom. The molecule has 0 atom stereocenters. The Morgan fingerprint density at radius 3 is 2.63 bits per heavy atom. The zero-order chi connectivity index (χ0) is 14.0. The molecule has 0 aromatic carbocycles. The van der Waals surface area contributed by atoms with Crippen LogP contribution in [-0.2, 0) is 12.0 Å². The highest BCUT2D eigenvalue weighted by molar-refractivity contribution is 9.10. The highest BCUT2D eigenvalue weighted by Gasteiger charge is 2.20. The first kappa shape index (κ1) is 14.2. The van der Waals surface area contributed by atoms with Crippen molar-refractivity contribution in [1.82, 2.24) is 19.5 Å². The minimum Gasteiger partial charge on any atom is -0.330 e. The Hall–Kier alpha value is -1.23. The lowest BCUT2D eigenvalue weighted by atomic mass is 9.95. The van der Waals surface area contributed by atoms with Gasteiger partial charge in [-0.3, -0.25) is 0 Å². The predicted octanol–water partition coefficient (Wildman–Crippen LogP) is 3.81. The van der Waals surface area contributed by atoms with Crippen molar-refractivity contribution in [2.45, 2.75) is 46.1 Å². The molecule has 0 aliphatic rings. The van der Waals surface area contributed by atoms with E-state index in [4.69, 9.17) is 0 Å². The Bertz CT molecular complexity index is 569. The van der Waals surface area contributed by atoms with Crippen LogP contribution in [0.15, 0.2) is 23.1 Å². The maximum Gasteiger partial charge on any atom is 0.158 e. The highest BCUT2D eigenvalue weighted by Crippen LogP contribution is 2.25. The summed E-state index contributed by atoms with van der Waals surface area (Å²) in [7, 11) is 0. The van der Waals surface area contributed by atoms with E-state index in [-0.39, 0.29) is 5.41 Å². The molecule has 0 saturated heterocycles. The number of rotatable bonds is 3. The molecule has 0 fully saturated rings. The lowest BCUT2D eigenvalue weighted by Gasteiger charge is -2.17. The molecule has 4 nitrogen and oxygen atoms in total. The lowest BCUT2D eigenvalue weighted by Crippen LogP contribution is -2.17. The molecule has 102 valence electrons. The summed E-state index contributed by atoms with van der Waals surface area (Å²) in [5, 5.41) is 0. The lowest BCUT2D eigenvalue weighted by molar-refractivity contribution is 0.543. The van der Waals surface area contributed by atoms with Crippen molar-refractivity contribution in [3.63, 3.8) is 0 Å². The Morgan fingerprint density at radius 2 is 2.00 bits per heavy atom. The van der Waals surface area contributed by atoms with Gasteiger partial charge in [0.25, 0.3) is 0 Å². The smallest absolute Gasteiger partial charge is 0.158 e. The van der Waals surface area contributed by atoms with Gasteiger partial charge in [-0.25, -0.2) is 15.0 Å². The summed E-state index contributed by atoms with van der Waals surface area (Å²) in [6.45, 7) is 9.42. The number of halogens is 1. The second-order valence-electron chi connectivity index (χ2n) is 5.59. The number of hydrogen-bond acceptors (Lipinski definition) is 3. The fourth-order valence-corrected chi connectivity index (χ4v) is 2.22. The molecule has 2 aromatic heterocycles. The molecule has 2 heterocycles. The first-order valence-electron chi connectivity index (χ1n) is 6.48. The Kier molecular flexibility index (Phi) is 4.04. The van der Waals surface area contributed by atoms with E-state index < -0.39 is 0 Å². The number of imidazole rings is 1. The van der Waals surface area contributed by atoms with E-state index in [1.165, 1.54) is 0 Å². The van der Waals surface area contributed by atoms with Crippen molar-refractivity contribution in [2.24, 2.45) is 0 Å². The summed E-state index contributed by atoms with van der Waals surface area (Å²) < 4.78 is 2.93. The molecule has 2 rings (SSSR count). The van der Waals surface area contributed by atoms with Crippen molar-refractivity contribution < 1.29 is 0 Å². The second-order valence-corrected chi connectivity index (χ2v) is 6.41. The molecular formula is C14H19BrN4. The first-order valence-corrected chi connectivity index (χ1v) is 7.27. The third-order valence-corrected chi connectivity index (χ3v) is 3.18. The monoisotopic (exact) mass is 322 g/mol. The molecule has 0 spiro atoms. The molecule has 0 N–H and O–H groups in total. The average Bonchev–Trinajstić information content (AvgIpc) is 2.76. The molecule has 0 aliphatic carbocycles.